The van der Waals surface area contributed by atoms with Crippen LogP contribution in [-0.4, -0.2) is 19.1 Å². The summed E-state index contributed by atoms with van der Waals surface area (Å²) in [5.74, 6) is 1.86. The highest BCUT2D eigenvalue weighted by molar-refractivity contribution is 7.98. The van der Waals surface area contributed by atoms with Crippen molar-refractivity contribution in [3.05, 3.63) is 41.4 Å². The van der Waals surface area contributed by atoms with Crippen molar-refractivity contribution in [1.82, 2.24) is 19.1 Å². The third-order valence-corrected chi connectivity index (χ3v) is 5.05. The van der Waals surface area contributed by atoms with Gasteiger partial charge in [-0.1, -0.05) is 23.4 Å². The molecule has 4 nitrogen and oxygen atoms in total. The molecule has 6 heteroatoms. The van der Waals surface area contributed by atoms with Gasteiger partial charge in [-0.05, 0) is 31.0 Å². The van der Waals surface area contributed by atoms with Crippen LogP contribution in [0.4, 0.5) is 0 Å². The van der Waals surface area contributed by atoms with Crippen LogP contribution < -0.4 is 0 Å². The van der Waals surface area contributed by atoms with E-state index >= 15 is 0 Å². The van der Waals surface area contributed by atoms with Crippen LogP contribution in [0.15, 0.2) is 35.7 Å². The number of thioether (sulfide) groups is 1. The monoisotopic (exact) mass is 318 g/mol. The summed E-state index contributed by atoms with van der Waals surface area (Å²) in [5.41, 5.74) is 2.06. The summed E-state index contributed by atoms with van der Waals surface area (Å²) in [5, 5.41) is 1.81. The Morgan fingerprint density at radius 2 is 2.24 bits per heavy atom. The number of fused-ring (bicyclic) bond motifs is 1. The van der Waals surface area contributed by atoms with Gasteiger partial charge in [-0.25, -0.2) is 9.97 Å². The van der Waals surface area contributed by atoms with Crippen LogP contribution in [0.5, 0.6) is 0 Å². The number of aryl methyl sites for hydroxylation is 1. The SMILES string of the molecule is Cn1c(CSc2nccn2C2CC2)nc2cc(Cl)ccc21. The molecule has 3 aromatic rings. The van der Waals surface area contributed by atoms with Crippen molar-refractivity contribution in [3.63, 3.8) is 0 Å². The molecule has 0 bridgehead atoms. The van der Waals surface area contributed by atoms with E-state index in [-0.39, 0.29) is 0 Å². The molecule has 108 valence electrons. The van der Waals surface area contributed by atoms with Crippen LogP contribution in [0.3, 0.4) is 0 Å². The number of nitrogens with zero attached hydrogens (tertiary/aromatic N) is 4. The normalized spacial score (nSPS) is 15.0. The number of halogens is 1. The number of aromatic nitrogens is 4. The lowest BCUT2D eigenvalue weighted by atomic mass is 10.3. The molecule has 4 rings (SSSR count). The summed E-state index contributed by atoms with van der Waals surface area (Å²) >= 11 is 7.78. The van der Waals surface area contributed by atoms with Gasteiger partial charge < -0.3 is 9.13 Å². The Labute approximate surface area is 132 Å². The highest BCUT2D eigenvalue weighted by Gasteiger charge is 2.25. The third kappa shape index (κ3) is 2.45. The zero-order valence-electron chi connectivity index (χ0n) is 11.7. The maximum Gasteiger partial charge on any atom is 0.168 e. The second-order valence-corrected chi connectivity index (χ2v) is 6.74. The van der Waals surface area contributed by atoms with Gasteiger partial charge in [0, 0.05) is 30.5 Å². The Hall–Kier alpha value is -1.46. The minimum absolute atomic E-state index is 0.661. The first-order valence-corrected chi connectivity index (χ1v) is 8.35. The van der Waals surface area contributed by atoms with Gasteiger partial charge in [0.05, 0.1) is 16.8 Å². The zero-order valence-corrected chi connectivity index (χ0v) is 13.2. The lowest BCUT2D eigenvalue weighted by Crippen LogP contribution is -1.98. The maximum absolute atomic E-state index is 6.03. The minimum atomic E-state index is 0.661. The van der Waals surface area contributed by atoms with E-state index in [1.807, 2.05) is 31.4 Å². The number of imidazole rings is 2. The average molecular weight is 319 g/mol. The molecule has 0 unspecified atom stereocenters. The Morgan fingerprint density at radius 1 is 1.38 bits per heavy atom. The van der Waals surface area contributed by atoms with Gasteiger partial charge in [0.25, 0.3) is 0 Å². The molecule has 0 atom stereocenters. The molecular weight excluding hydrogens is 304 g/mol. The third-order valence-electron chi connectivity index (χ3n) is 3.84. The second kappa shape index (κ2) is 5.07. The first kappa shape index (κ1) is 13.2. The molecule has 1 saturated carbocycles. The molecule has 0 aliphatic heterocycles. The summed E-state index contributed by atoms with van der Waals surface area (Å²) < 4.78 is 4.41. The quantitative estimate of drug-likeness (QED) is 0.681. The molecule has 2 heterocycles. The average Bonchev–Trinajstić information content (AvgIpc) is 3.13. The maximum atomic E-state index is 6.03. The molecule has 2 aromatic heterocycles. The summed E-state index contributed by atoms with van der Waals surface area (Å²) in [4.78, 5) is 9.14. The van der Waals surface area contributed by atoms with E-state index in [0.717, 1.165) is 32.8 Å². The van der Waals surface area contributed by atoms with E-state index in [4.69, 9.17) is 11.6 Å². The molecule has 0 spiro atoms. The van der Waals surface area contributed by atoms with Crippen LogP contribution in [0.1, 0.15) is 24.7 Å². The number of benzene rings is 1. The van der Waals surface area contributed by atoms with E-state index < -0.39 is 0 Å². The van der Waals surface area contributed by atoms with Crippen molar-refractivity contribution in [3.8, 4) is 0 Å². The molecule has 21 heavy (non-hydrogen) atoms. The Bertz CT molecular complexity index is 803. The van der Waals surface area contributed by atoms with E-state index in [1.165, 1.54) is 12.8 Å². The van der Waals surface area contributed by atoms with E-state index in [9.17, 15) is 0 Å². The van der Waals surface area contributed by atoms with Crippen molar-refractivity contribution in [2.45, 2.75) is 29.8 Å². The van der Waals surface area contributed by atoms with Gasteiger partial charge in [-0.15, -0.1) is 0 Å². The van der Waals surface area contributed by atoms with Gasteiger partial charge in [-0.3, -0.25) is 0 Å². The number of rotatable bonds is 4. The Kier molecular flexibility index (Phi) is 3.19. The van der Waals surface area contributed by atoms with E-state index in [0.29, 0.717) is 6.04 Å². The van der Waals surface area contributed by atoms with Gasteiger partial charge in [0.2, 0.25) is 0 Å². The smallest absolute Gasteiger partial charge is 0.168 e. The Morgan fingerprint density at radius 3 is 3.05 bits per heavy atom. The fraction of sp³-hybridized carbons (Fsp3) is 0.333. The van der Waals surface area contributed by atoms with Crippen molar-refractivity contribution >= 4 is 34.4 Å². The van der Waals surface area contributed by atoms with Crippen LogP contribution in [0.2, 0.25) is 5.02 Å². The minimum Gasteiger partial charge on any atom is -0.330 e. The van der Waals surface area contributed by atoms with Gasteiger partial charge >= 0.3 is 0 Å². The molecule has 0 amide bonds. The zero-order chi connectivity index (χ0) is 14.4. The highest BCUT2D eigenvalue weighted by atomic mass is 35.5. The fourth-order valence-electron chi connectivity index (χ4n) is 2.52. The van der Waals surface area contributed by atoms with E-state index in [2.05, 4.69) is 25.3 Å². The molecule has 1 aromatic carbocycles. The first-order valence-electron chi connectivity index (χ1n) is 6.99. The first-order chi connectivity index (χ1) is 10.2. The summed E-state index contributed by atoms with van der Waals surface area (Å²) in [6.45, 7) is 0. The fourth-order valence-corrected chi connectivity index (χ4v) is 3.70. The lowest BCUT2D eigenvalue weighted by Gasteiger charge is -2.05. The van der Waals surface area contributed by atoms with Crippen molar-refractivity contribution in [2.75, 3.05) is 0 Å². The van der Waals surface area contributed by atoms with Crippen molar-refractivity contribution in [1.29, 1.82) is 0 Å². The van der Waals surface area contributed by atoms with Gasteiger partial charge in [0.1, 0.15) is 5.82 Å². The highest BCUT2D eigenvalue weighted by Crippen LogP contribution is 2.38. The number of hydrogen-bond acceptors (Lipinski definition) is 3. The standard InChI is InChI=1S/C15H15ClN4S/c1-19-13-5-2-10(16)8-12(13)18-14(19)9-21-15-17-6-7-20(15)11-3-4-11/h2,5-8,11H,3-4,9H2,1H3. The predicted octanol–water partition coefficient (Wildman–Crippen LogP) is 4.05. The topological polar surface area (TPSA) is 35.6 Å². The Balaban J connectivity index is 1.59. The summed E-state index contributed by atoms with van der Waals surface area (Å²) in [7, 11) is 2.05. The largest absolute Gasteiger partial charge is 0.330 e. The van der Waals surface area contributed by atoms with Crippen LogP contribution in [0, 0.1) is 0 Å². The van der Waals surface area contributed by atoms with Crippen LogP contribution >= 0.6 is 23.4 Å². The van der Waals surface area contributed by atoms with Crippen LogP contribution in [-0.2, 0) is 12.8 Å². The lowest BCUT2D eigenvalue weighted by molar-refractivity contribution is 0.662. The van der Waals surface area contributed by atoms with Gasteiger partial charge in [0.15, 0.2) is 5.16 Å². The molecule has 0 radical (unpaired) electrons. The molecule has 0 N–H and O–H groups in total. The summed E-state index contributed by atoms with van der Waals surface area (Å²) in [6, 6.07) is 6.50. The molecule has 0 saturated heterocycles. The molecular formula is C15H15ClN4S. The number of hydrogen-bond donors (Lipinski definition) is 0. The van der Waals surface area contributed by atoms with E-state index in [1.54, 1.807) is 11.8 Å². The molecule has 1 aliphatic carbocycles. The van der Waals surface area contributed by atoms with Crippen molar-refractivity contribution in [2.24, 2.45) is 7.05 Å². The molecule has 1 fully saturated rings. The summed E-state index contributed by atoms with van der Waals surface area (Å²) in [6.07, 6.45) is 6.51. The predicted molar refractivity (Wildman–Crippen MR) is 85.8 cm³/mol. The van der Waals surface area contributed by atoms with Crippen LogP contribution in [0.25, 0.3) is 11.0 Å². The molecule has 1 aliphatic rings. The van der Waals surface area contributed by atoms with Crippen molar-refractivity contribution < 1.29 is 0 Å². The second-order valence-electron chi connectivity index (χ2n) is 5.36. The van der Waals surface area contributed by atoms with Gasteiger partial charge in [-0.2, -0.15) is 0 Å².